The van der Waals surface area contributed by atoms with Gasteiger partial charge in [0.1, 0.15) is 0 Å². The maximum absolute atomic E-state index is 11.8. The standard InChI is InChI=1S/C9H10Br3NOS/c1-9(4-10,5-11)13-8(14)6-2-3-7(12)15-6/h2-3H,4-5H2,1H3,(H,13,14). The van der Waals surface area contributed by atoms with Crippen molar-refractivity contribution < 1.29 is 4.79 Å². The minimum Gasteiger partial charge on any atom is -0.344 e. The molecule has 2 nitrogen and oxygen atoms in total. The molecular formula is C9H10Br3NOS. The van der Waals surface area contributed by atoms with Crippen LogP contribution in [-0.2, 0) is 0 Å². The molecule has 0 aliphatic heterocycles. The fourth-order valence-corrected chi connectivity index (χ4v) is 3.36. The van der Waals surface area contributed by atoms with Gasteiger partial charge in [-0.25, -0.2) is 0 Å². The largest absolute Gasteiger partial charge is 0.344 e. The van der Waals surface area contributed by atoms with E-state index in [0.29, 0.717) is 10.7 Å². The molecule has 0 aliphatic rings. The molecule has 1 rings (SSSR count). The lowest BCUT2D eigenvalue weighted by atomic mass is 10.1. The zero-order valence-corrected chi connectivity index (χ0v) is 13.6. The number of carbonyl (C=O) groups excluding carboxylic acids is 1. The summed E-state index contributed by atoms with van der Waals surface area (Å²) in [4.78, 5) is 12.5. The minimum atomic E-state index is -0.256. The number of thiophene rings is 1. The van der Waals surface area contributed by atoms with Crippen molar-refractivity contribution in [1.82, 2.24) is 5.32 Å². The zero-order chi connectivity index (χ0) is 11.5. The van der Waals surface area contributed by atoms with E-state index in [1.165, 1.54) is 11.3 Å². The molecule has 0 unspecified atom stereocenters. The summed E-state index contributed by atoms with van der Waals surface area (Å²) in [6, 6.07) is 3.69. The Labute approximate surface area is 118 Å². The van der Waals surface area contributed by atoms with Gasteiger partial charge in [-0.15, -0.1) is 11.3 Å². The third-order valence-corrected chi connectivity index (χ3v) is 5.90. The Morgan fingerprint density at radius 1 is 1.47 bits per heavy atom. The van der Waals surface area contributed by atoms with Crippen molar-refractivity contribution in [2.75, 3.05) is 10.7 Å². The Balaban J connectivity index is 2.71. The number of hydrogen-bond donors (Lipinski definition) is 1. The highest BCUT2D eigenvalue weighted by molar-refractivity contribution is 9.11. The second kappa shape index (κ2) is 5.80. The Kier molecular flexibility index (Phi) is 5.28. The van der Waals surface area contributed by atoms with Gasteiger partial charge in [0.25, 0.3) is 5.91 Å². The molecule has 0 saturated carbocycles. The number of nitrogens with one attached hydrogen (secondary N) is 1. The van der Waals surface area contributed by atoms with Crippen LogP contribution in [0.3, 0.4) is 0 Å². The average molecular weight is 420 g/mol. The average Bonchev–Trinajstić information content (AvgIpc) is 2.65. The predicted octanol–water partition coefficient (Wildman–Crippen LogP) is 3.79. The van der Waals surface area contributed by atoms with Gasteiger partial charge in [-0.05, 0) is 35.0 Å². The fraction of sp³-hybridized carbons (Fsp3) is 0.444. The summed E-state index contributed by atoms with van der Waals surface area (Å²) >= 11 is 11.5. The van der Waals surface area contributed by atoms with Gasteiger partial charge in [0, 0.05) is 10.7 Å². The lowest BCUT2D eigenvalue weighted by molar-refractivity contribution is 0.0927. The van der Waals surface area contributed by atoms with Gasteiger partial charge in [0.05, 0.1) is 14.2 Å². The maximum atomic E-state index is 11.8. The smallest absolute Gasteiger partial charge is 0.261 e. The first kappa shape index (κ1) is 13.7. The second-order valence-electron chi connectivity index (χ2n) is 3.39. The van der Waals surface area contributed by atoms with Crippen LogP contribution >= 0.6 is 59.1 Å². The normalized spacial score (nSPS) is 11.5. The highest BCUT2D eigenvalue weighted by atomic mass is 79.9. The monoisotopic (exact) mass is 417 g/mol. The second-order valence-corrected chi connectivity index (χ2v) is 6.97. The summed E-state index contributed by atoms with van der Waals surface area (Å²) in [5.41, 5.74) is -0.256. The van der Waals surface area contributed by atoms with Gasteiger partial charge < -0.3 is 5.32 Å². The zero-order valence-electron chi connectivity index (χ0n) is 8.02. The topological polar surface area (TPSA) is 29.1 Å². The molecule has 0 atom stereocenters. The molecule has 84 valence electrons. The SMILES string of the molecule is CC(CBr)(CBr)NC(=O)c1ccc(Br)s1. The van der Waals surface area contributed by atoms with Crippen LogP contribution in [0.5, 0.6) is 0 Å². The Morgan fingerprint density at radius 2 is 2.07 bits per heavy atom. The Hall–Kier alpha value is 0.610. The Morgan fingerprint density at radius 3 is 2.47 bits per heavy atom. The fourth-order valence-electron chi connectivity index (χ4n) is 0.875. The summed E-state index contributed by atoms with van der Waals surface area (Å²) in [6.07, 6.45) is 0. The van der Waals surface area contributed by atoms with E-state index in [4.69, 9.17) is 0 Å². The van der Waals surface area contributed by atoms with Crippen molar-refractivity contribution in [3.8, 4) is 0 Å². The molecule has 1 aromatic heterocycles. The molecule has 15 heavy (non-hydrogen) atoms. The molecular weight excluding hydrogens is 410 g/mol. The van der Waals surface area contributed by atoms with Crippen molar-refractivity contribution in [2.24, 2.45) is 0 Å². The van der Waals surface area contributed by atoms with Gasteiger partial charge in [0.15, 0.2) is 0 Å². The van der Waals surface area contributed by atoms with Crippen LogP contribution in [0.4, 0.5) is 0 Å². The van der Waals surface area contributed by atoms with Crippen LogP contribution < -0.4 is 5.32 Å². The number of halogens is 3. The quantitative estimate of drug-likeness (QED) is 0.739. The van der Waals surface area contributed by atoms with E-state index in [-0.39, 0.29) is 11.4 Å². The summed E-state index contributed by atoms with van der Waals surface area (Å²) < 4.78 is 0.965. The molecule has 6 heteroatoms. The van der Waals surface area contributed by atoms with Crippen LogP contribution in [-0.4, -0.2) is 22.1 Å². The lowest BCUT2D eigenvalue weighted by Crippen LogP contribution is -2.48. The van der Waals surface area contributed by atoms with E-state index >= 15 is 0 Å². The molecule has 1 N–H and O–H groups in total. The summed E-state index contributed by atoms with van der Waals surface area (Å²) in [5.74, 6) is -0.0351. The van der Waals surface area contributed by atoms with E-state index < -0.39 is 0 Å². The van der Waals surface area contributed by atoms with Crippen LogP contribution in [0.2, 0.25) is 0 Å². The van der Waals surface area contributed by atoms with E-state index in [1.807, 2.05) is 19.1 Å². The van der Waals surface area contributed by atoms with E-state index in [0.717, 1.165) is 8.66 Å². The van der Waals surface area contributed by atoms with Gasteiger partial charge in [-0.3, -0.25) is 4.79 Å². The number of hydrogen-bond acceptors (Lipinski definition) is 2. The van der Waals surface area contributed by atoms with Crippen molar-refractivity contribution in [3.05, 3.63) is 20.8 Å². The number of amides is 1. The first-order valence-electron chi connectivity index (χ1n) is 4.20. The molecule has 0 fully saturated rings. The molecule has 0 aliphatic carbocycles. The van der Waals surface area contributed by atoms with Crippen molar-refractivity contribution in [1.29, 1.82) is 0 Å². The molecule has 0 spiro atoms. The summed E-state index contributed by atoms with van der Waals surface area (Å²) in [6.45, 7) is 1.98. The molecule has 0 bridgehead atoms. The highest BCUT2D eigenvalue weighted by Crippen LogP contribution is 2.23. The lowest BCUT2D eigenvalue weighted by Gasteiger charge is -2.25. The molecule has 1 amide bonds. The third-order valence-electron chi connectivity index (χ3n) is 1.80. The number of alkyl halides is 2. The maximum Gasteiger partial charge on any atom is 0.261 e. The van der Waals surface area contributed by atoms with E-state index in [2.05, 4.69) is 53.1 Å². The predicted molar refractivity (Wildman–Crippen MR) is 75.5 cm³/mol. The first-order chi connectivity index (χ1) is 7.00. The molecule has 0 saturated heterocycles. The molecule has 0 aromatic carbocycles. The van der Waals surface area contributed by atoms with Gasteiger partial charge in [-0.2, -0.15) is 0 Å². The van der Waals surface area contributed by atoms with Gasteiger partial charge in [-0.1, -0.05) is 31.9 Å². The van der Waals surface area contributed by atoms with Crippen molar-refractivity contribution >= 4 is 65.0 Å². The van der Waals surface area contributed by atoms with Gasteiger partial charge >= 0.3 is 0 Å². The van der Waals surface area contributed by atoms with Crippen LogP contribution in [0.1, 0.15) is 16.6 Å². The van der Waals surface area contributed by atoms with Crippen LogP contribution in [0.25, 0.3) is 0 Å². The number of rotatable bonds is 4. The molecule has 1 heterocycles. The Bertz CT molecular complexity index is 349. The van der Waals surface area contributed by atoms with Crippen molar-refractivity contribution in [2.45, 2.75) is 12.5 Å². The minimum absolute atomic E-state index is 0.0351. The molecule has 0 radical (unpaired) electrons. The molecule has 1 aromatic rings. The van der Waals surface area contributed by atoms with Crippen LogP contribution in [0.15, 0.2) is 15.9 Å². The van der Waals surface area contributed by atoms with E-state index in [1.54, 1.807) is 0 Å². The van der Waals surface area contributed by atoms with Gasteiger partial charge in [0.2, 0.25) is 0 Å². The van der Waals surface area contributed by atoms with Crippen molar-refractivity contribution in [3.63, 3.8) is 0 Å². The van der Waals surface area contributed by atoms with Crippen LogP contribution in [0, 0.1) is 0 Å². The number of carbonyl (C=O) groups is 1. The summed E-state index contributed by atoms with van der Waals surface area (Å²) in [7, 11) is 0. The third kappa shape index (κ3) is 3.84. The first-order valence-corrected chi connectivity index (χ1v) is 8.06. The highest BCUT2D eigenvalue weighted by Gasteiger charge is 2.24. The summed E-state index contributed by atoms with van der Waals surface area (Å²) in [5, 5.41) is 4.40. The van der Waals surface area contributed by atoms with E-state index in [9.17, 15) is 4.79 Å².